The third-order valence-corrected chi connectivity index (χ3v) is 8.33. The topological polar surface area (TPSA) is 68.5 Å². The minimum Gasteiger partial charge on any atom is -0.461 e. The molecule has 7 rings (SSSR count). The van der Waals surface area contributed by atoms with Gasteiger partial charge in [0.05, 0.1) is 41.9 Å². The van der Waals surface area contributed by atoms with Crippen LogP contribution in [0.3, 0.4) is 0 Å². The lowest BCUT2D eigenvalue weighted by Crippen LogP contribution is -2.43. The molecule has 1 saturated heterocycles. The predicted octanol–water partition coefficient (Wildman–Crippen LogP) is 5.01. The van der Waals surface area contributed by atoms with Gasteiger partial charge < -0.3 is 23.8 Å². The van der Waals surface area contributed by atoms with Gasteiger partial charge in [-0.15, -0.1) is 0 Å². The van der Waals surface area contributed by atoms with Gasteiger partial charge in [-0.3, -0.25) is 0 Å². The predicted molar refractivity (Wildman–Crippen MR) is 148 cm³/mol. The largest absolute Gasteiger partial charge is 0.461 e. The molecule has 3 aliphatic heterocycles. The van der Waals surface area contributed by atoms with Crippen molar-refractivity contribution in [3.8, 4) is 6.01 Å². The zero-order valence-corrected chi connectivity index (χ0v) is 22.3. The fraction of sp³-hybridized carbons (Fsp3) is 0.414. The third kappa shape index (κ3) is 4.25. The first-order chi connectivity index (χ1) is 18.6. The molecule has 0 radical (unpaired) electrons. The fourth-order valence-corrected chi connectivity index (χ4v) is 6.30. The van der Waals surface area contributed by atoms with Crippen molar-refractivity contribution in [2.75, 3.05) is 29.6 Å². The lowest BCUT2D eigenvalue weighted by atomic mass is 10.0. The number of hydrogen-bond acceptors (Lipinski definition) is 7. The van der Waals surface area contributed by atoms with Crippen molar-refractivity contribution >= 4 is 33.9 Å². The molecule has 0 bridgehead atoms. The molecular formula is C29H31ClN6O2. The summed E-state index contributed by atoms with van der Waals surface area (Å²) in [6.45, 7) is 6.70. The van der Waals surface area contributed by atoms with Crippen LogP contribution in [0.5, 0.6) is 6.01 Å². The SMILES string of the molecule is C[C@@H]1Cn2cncc2CN1c1nc(OC[C@@H]2CCCO2)nc2c1CCN(c1cccc3cccc(Cl)c13)C2. The van der Waals surface area contributed by atoms with E-state index in [1.807, 2.05) is 24.7 Å². The molecule has 0 amide bonds. The van der Waals surface area contributed by atoms with Crippen LogP contribution < -0.4 is 14.5 Å². The van der Waals surface area contributed by atoms with Crippen molar-refractivity contribution in [1.29, 1.82) is 0 Å². The number of benzene rings is 2. The average Bonchev–Trinajstić information content (AvgIpc) is 3.62. The molecule has 1 fully saturated rings. The highest BCUT2D eigenvalue weighted by molar-refractivity contribution is 6.36. The van der Waals surface area contributed by atoms with Crippen LogP contribution in [0.25, 0.3) is 10.8 Å². The van der Waals surface area contributed by atoms with E-state index in [2.05, 4.69) is 50.5 Å². The van der Waals surface area contributed by atoms with E-state index in [9.17, 15) is 0 Å². The highest BCUT2D eigenvalue weighted by Crippen LogP contribution is 2.38. The lowest BCUT2D eigenvalue weighted by molar-refractivity contribution is 0.0644. The molecule has 0 spiro atoms. The molecular weight excluding hydrogens is 500 g/mol. The van der Waals surface area contributed by atoms with Gasteiger partial charge in [0.1, 0.15) is 12.4 Å². The quantitative estimate of drug-likeness (QED) is 0.359. The monoisotopic (exact) mass is 530 g/mol. The number of hydrogen-bond donors (Lipinski definition) is 0. The number of halogens is 1. The standard InChI is InChI=1S/C29H31ClN6O2/c1-19-14-35-18-31-13-21(35)15-36(19)28-23-10-11-34(26-9-3-6-20-5-2-8-24(30)27(20)26)16-25(23)32-29(33-28)38-17-22-7-4-12-37-22/h2-3,5-6,8-9,13,18-19,22H,4,7,10-12,14-17H2,1H3/t19-,22+/m1/s1. The Balaban J connectivity index is 1.26. The van der Waals surface area contributed by atoms with Crippen LogP contribution in [0.4, 0.5) is 11.5 Å². The Morgan fingerprint density at radius 1 is 1.13 bits per heavy atom. The minimum absolute atomic E-state index is 0.107. The summed E-state index contributed by atoms with van der Waals surface area (Å²) in [4.78, 5) is 19.1. The second-order valence-corrected chi connectivity index (χ2v) is 10.9. The maximum Gasteiger partial charge on any atom is 0.318 e. The molecule has 8 nitrogen and oxygen atoms in total. The Morgan fingerprint density at radius 2 is 2.03 bits per heavy atom. The van der Waals surface area contributed by atoms with Gasteiger partial charge in [0.25, 0.3) is 0 Å². The molecule has 9 heteroatoms. The van der Waals surface area contributed by atoms with Crippen LogP contribution in [0.2, 0.25) is 5.02 Å². The van der Waals surface area contributed by atoms with E-state index in [0.717, 1.165) is 78.5 Å². The average molecular weight is 531 g/mol. The van der Waals surface area contributed by atoms with Crippen molar-refractivity contribution in [1.82, 2.24) is 19.5 Å². The lowest BCUT2D eigenvalue weighted by Gasteiger charge is -2.38. The highest BCUT2D eigenvalue weighted by atomic mass is 35.5. The summed E-state index contributed by atoms with van der Waals surface area (Å²) in [5, 5.41) is 3.00. The molecule has 0 N–H and O–H groups in total. The van der Waals surface area contributed by atoms with Crippen molar-refractivity contribution in [3.63, 3.8) is 0 Å². The summed E-state index contributed by atoms with van der Waals surface area (Å²) < 4.78 is 14.2. The molecule has 2 aromatic carbocycles. The molecule has 0 aliphatic carbocycles. The number of nitrogens with zero attached hydrogens (tertiary/aromatic N) is 6. The molecule has 2 aromatic heterocycles. The summed E-state index contributed by atoms with van der Waals surface area (Å²) in [7, 11) is 0. The van der Waals surface area contributed by atoms with E-state index < -0.39 is 0 Å². The molecule has 0 unspecified atom stereocenters. The maximum atomic E-state index is 6.69. The highest BCUT2D eigenvalue weighted by Gasteiger charge is 2.31. The normalized spacial score (nSPS) is 21.0. The van der Waals surface area contributed by atoms with E-state index in [0.29, 0.717) is 19.2 Å². The van der Waals surface area contributed by atoms with Crippen LogP contribution in [0.15, 0.2) is 48.9 Å². The van der Waals surface area contributed by atoms with Crippen LogP contribution in [0, 0.1) is 0 Å². The van der Waals surface area contributed by atoms with Crippen LogP contribution in [0.1, 0.15) is 36.7 Å². The molecule has 2 atom stereocenters. The number of aromatic nitrogens is 4. The Kier molecular flexibility index (Phi) is 6.09. The fourth-order valence-electron chi connectivity index (χ4n) is 6.02. The van der Waals surface area contributed by atoms with E-state index in [-0.39, 0.29) is 12.1 Å². The van der Waals surface area contributed by atoms with E-state index in [1.54, 1.807) is 0 Å². The number of ether oxygens (including phenoxy) is 2. The first kappa shape index (κ1) is 23.7. The number of anilines is 2. The first-order valence-electron chi connectivity index (χ1n) is 13.5. The van der Waals surface area contributed by atoms with Gasteiger partial charge in [-0.05, 0) is 43.7 Å². The molecule has 196 valence electrons. The van der Waals surface area contributed by atoms with E-state index >= 15 is 0 Å². The first-order valence-corrected chi connectivity index (χ1v) is 13.8. The molecule has 0 saturated carbocycles. The van der Waals surface area contributed by atoms with Crippen molar-refractivity contribution in [3.05, 3.63) is 70.9 Å². The van der Waals surface area contributed by atoms with E-state index in [4.69, 9.17) is 31.0 Å². The number of fused-ring (bicyclic) bond motifs is 3. The van der Waals surface area contributed by atoms with Gasteiger partial charge in [0.15, 0.2) is 0 Å². The van der Waals surface area contributed by atoms with Gasteiger partial charge >= 0.3 is 6.01 Å². The van der Waals surface area contributed by atoms with Crippen molar-refractivity contribution < 1.29 is 9.47 Å². The molecule has 5 heterocycles. The van der Waals surface area contributed by atoms with Gasteiger partial charge in [-0.25, -0.2) is 4.98 Å². The van der Waals surface area contributed by atoms with Gasteiger partial charge in [-0.2, -0.15) is 9.97 Å². The summed E-state index contributed by atoms with van der Waals surface area (Å²) in [6, 6.07) is 13.2. The summed E-state index contributed by atoms with van der Waals surface area (Å²) in [6.07, 6.45) is 6.91. The summed E-state index contributed by atoms with van der Waals surface area (Å²) in [5.41, 5.74) is 4.55. The Hall–Kier alpha value is -3.36. The van der Waals surface area contributed by atoms with Gasteiger partial charge in [0.2, 0.25) is 0 Å². The Labute approximate surface area is 227 Å². The molecule has 3 aliphatic rings. The van der Waals surface area contributed by atoms with Crippen LogP contribution >= 0.6 is 11.6 Å². The zero-order valence-electron chi connectivity index (χ0n) is 21.5. The maximum absolute atomic E-state index is 6.69. The zero-order chi connectivity index (χ0) is 25.6. The molecule has 4 aromatic rings. The Morgan fingerprint density at radius 3 is 2.89 bits per heavy atom. The number of rotatable bonds is 5. The van der Waals surface area contributed by atoms with Crippen molar-refractivity contribution in [2.24, 2.45) is 0 Å². The van der Waals surface area contributed by atoms with Crippen LogP contribution in [-0.2, 0) is 30.8 Å². The van der Waals surface area contributed by atoms with Crippen molar-refractivity contribution in [2.45, 2.75) is 58.0 Å². The second-order valence-electron chi connectivity index (χ2n) is 10.5. The second kappa shape index (κ2) is 9.75. The van der Waals surface area contributed by atoms with Gasteiger partial charge in [-0.1, -0.05) is 35.9 Å². The minimum atomic E-state index is 0.107. The number of imidazole rings is 1. The van der Waals surface area contributed by atoms with Gasteiger partial charge in [0, 0.05) is 48.6 Å². The smallest absolute Gasteiger partial charge is 0.318 e. The van der Waals surface area contributed by atoms with E-state index in [1.165, 1.54) is 11.3 Å². The summed E-state index contributed by atoms with van der Waals surface area (Å²) in [5.74, 6) is 0.980. The van der Waals surface area contributed by atoms with Crippen LogP contribution in [-0.4, -0.2) is 51.4 Å². The molecule has 38 heavy (non-hydrogen) atoms. The summed E-state index contributed by atoms with van der Waals surface area (Å²) >= 11 is 6.69. The third-order valence-electron chi connectivity index (χ3n) is 8.01. The Bertz CT molecular complexity index is 1480.